The third kappa shape index (κ3) is 3.96. The number of carbonyl (C=O) groups excluding carboxylic acids is 1. The first-order valence-corrected chi connectivity index (χ1v) is 9.91. The quantitative estimate of drug-likeness (QED) is 0.746. The summed E-state index contributed by atoms with van der Waals surface area (Å²) < 4.78 is 2.27. The summed E-state index contributed by atoms with van der Waals surface area (Å²) in [7, 11) is 0. The Morgan fingerprint density at radius 3 is 2.64 bits per heavy atom. The largest absolute Gasteiger partial charge is 0.353 e. The Kier molecular flexibility index (Phi) is 5.19. The first-order valence-electron chi connectivity index (χ1n) is 9.91. The lowest BCUT2D eigenvalue weighted by Crippen LogP contribution is -2.50. The molecule has 6 heteroatoms. The molecule has 0 unspecified atom stereocenters. The first kappa shape index (κ1) is 18.3. The summed E-state index contributed by atoms with van der Waals surface area (Å²) in [6, 6.07) is 14.1. The van der Waals surface area contributed by atoms with Crippen molar-refractivity contribution in [2.45, 2.75) is 20.4 Å². The topological polar surface area (TPSA) is 53.4 Å². The molecule has 1 saturated heterocycles. The van der Waals surface area contributed by atoms with Crippen LogP contribution in [0.2, 0.25) is 0 Å². The molecule has 1 fully saturated rings. The van der Waals surface area contributed by atoms with Crippen molar-refractivity contribution in [3.63, 3.8) is 0 Å². The fourth-order valence-corrected chi connectivity index (χ4v) is 3.71. The summed E-state index contributed by atoms with van der Waals surface area (Å²) >= 11 is 0. The van der Waals surface area contributed by atoms with E-state index in [9.17, 15) is 4.79 Å². The predicted molar refractivity (Wildman–Crippen MR) is 114 cm³/mol. The monoisotopic (exact) mass is 377 g/mol. The zero-order chi connectivity index (χ0) is 19.5. The Bertz CT molecular complexity index is 942. The van der Waals surface area contributed by atoms with Crippen molar-refractivity contribution < 1.29 is 4.79 Å². The van der Waals surface area contributed by atoms with Crippen molar-refractivity contribution in [2.75, 3.05) is 36.4 Å². The maximum atomic E-state index is 12.7. The third-order valence-electron chi connectivity index (χ3n) is 5.12. The maximum absolute atomic E-state index is 12.7. The number of nitrogens with one attached hydrogen (secondary N) is 1. The lowest BCUT2D eigenvalue weighted by atomic mass is 10.2. The molecule has 1 aliphatic rings. The SMILES string of the molecule is CC(C)Cn1ccc2cc(NC(=O)N3CCN(c4ccccn4)CC3)ccc21. The normalized spacial score (nSPS) is 14.7. The molecule has 1 aliphatic heterocycles. The molecule has 0 saturated carbocycles. The van der Waals surface area contributed by atoms with Crippen LogP contribution in [0.1, 0.15) is 13.8 Å². The van der Waals surface area contributed by atoms with Crippen molar-refractivity contribution in [2.24, 2.45) is 5.92 Å². The molecule has 0 atom stereocenters. The second-order valence-electron chi connectivity index (χ2n) is 7.73. The zero-order valence-electron chi connectivity index (χ0n) is 16.5. The number of fused-ring (bicyclic) bond motifs is 1. The number of anilines is 2. The molecule has 146 valence electrons. The van der Waals surface area contributed by atoms with E-state index in [-0.39, 0.29) is 6.03 Å². The molecule has 0 radical (unpaired) electrons. The van der Waals surface area contributed by atoms with Gasteiger partial charge in [0, 0.05) is 61.7 Å². The van der Waals surface area contributed by atoms with E-state index in [2.05, 4.69) is 51.9 Å². The van der Waals surface area contributed by atoms with Gasteiger partial charge in [-0.05, 0) is 42.3 Å². The molecule has 3 heterocycles. The van der Waals surface area contributed by atoms with E-state index in [0.717, 1.165) is 36.5 Å². The summed E-state index contributed by atoms with van der Waals surface area (Å²) in [5.41, 5.74) is 2.04. The molecule has 28 heavy (non-hydrogen) atoms. The van der Waals surface area contributed by atoms with Crippen LogP contribution in [0.15, 0.2) is 54.9 Å². The number of rotatable bonds is 4. The second kappa shape index (κ2) is 7.92. The molecule has 4 rings (SSSR count). The van der Waals surface area contributed by atoms with Gasteiger partial charge in [0.05, 0.1) is 0 Å². The van der Waals surface area contributed by atoms with Gasteiger partial charge in [-0.2, -0.15) is 0 Å². The highest BCUT2D eigenvalue weighted by molar-refractivity contribution is 5.93. The summed E-state index contributed by atoms with van der Waals surface area (Å²) in [6.45, 7) is 8.39. The number of carbonyl (C=O) groups is 1. The van der Waals surface area contributed by atoms with Crippen LogP contribution < -0.4 is 10.2 Å². The van der Waals surface area contributed by atoms with Crippen molar-refractivity contribution >= 4 is 28.4 Å². The highest BCUT2D eigenvalue weighted by Crippen LogP contribution is 2.22. The molecular formula is C22H27N5O. The highest BCUT2D eigenvalue weighted by atomic mass is 16.2. The van der Waals surface area contributed by atoms with E-state index in [1.807, 2.05) is 35.2 Å². The molecule has 0 bridgehead atoms. The van der Waals surface area contributed by atoms with Crippen LogP contribution in [0, 0.1) is 5.92 Å². The van der Waals surface area contributed by atoms with E-state index >= 15 is 0 Å². The van der Waals surface area contributed by atoms with Crippen LogP contribution in [-0.4, -0.2) is 46.7 Å². The van der Waals surface area contributed by atoms with Crippen molar-refractivity contribution in [1.82, 2.24) is 14.5 Å². The maximum Gasteiger partial charge on any atom is 0.321 e. The van der Waals surface area contributed by atoms with Crippen LogP contribution >= 0.6 is 0 Å². The molecule has 3 aromatic rings. The van der Waals surface area contributed by atoms with Crippen molar-refractivity contribution in [3.05, 3.63) is 54.9 Å². The standard InChI is InChI=1S/C22H27N5O/c1-17(2)16-27-10-8-18-15-19(6-7-20(18)27)24-22(28)26-13-11-25(12-14-26)21-5-3-4-9-23-21/h3-10,15,17H,11-14,16H2,1-2H3,(H,24,28). The number of aromatic nitrogens is 2. The predicted octanol–water partition coefficient (Wildman–Crippen LogP) is 4.05. The Morgan fingerprint density at radius 2 is 1.93 bits per heavy atom. The van der Waals surface area contributed by atoms with E-state index in [1.165, 1.54) is 5.52 Å². The molecule has 6 nitrogen and oxygen atoms in total. The lowest BCUT2D eigenvalue weighted by molar-refractivity contribution is 0.208. The van der Waals surface area contributed by atoms with Gasteiger partial charge >= 0.3 is 6.03 Å². The lowest BCUT2D eigenvalue weighted by Gasteiger charge is -2.35. The number of hydrogen-bond donors (Lipinski definition) is 1. The van der Waals surface area contributed by atoms with Gasteiger partial charge in [-0.3, -0.25) is 0 Å². The van der Waals surface area contributed by atoms with Gasteiger partial charge in [-0.15, -0.1) is 0 Å². The molecule has 2 amide bonds. The average molecular weight is 377 g/mol. The van der Waals surface area contributed by atoms with Gasteiger partial charge < -0.3 is 19.7 Å². The fourth-order valence-electron chi connectivity index (χ4n) is 3.71. The molecular weight excluding hydrogens is 350 g/mol. The number of pyridine rings is 1. The average Bonchev–Trinajstić information content (AvgIpc) is 3.10. The summed E-state index contributed by atoms with van der Waals surface area (Å²) in [6.07, 6.45) is 3.92. The molecule has 1 aromatic carbocycles. The number of urea groups is 1. The van der Waals surface area contributed by atoms with Gasteiger partial charge in [0.15, 0.2) is 0 Å². The molecule has 1 N–H and O–H groups in total. The smallest absolute Gasteiger partial charge is 0.321 e. The van der Waals surface area contributed by atoms with E-state index in [0.29, 0.717) is 19.0 Å². The highest BCUT2D eigenvalue weighted by Gasteiger charge is 2.22. The van der Waals surface area contributed by atoms with Crippen molar-refractivity contribution in [1.29, 1.82) is 0 Å². The molecule has 0 spiro atoms. The van der Waals surface area contributed by atoms with Gasteiger partial charge in [-0.1, -0.05) is 19.9 Å². The number of piperazine rings is 1. The number of hydrogen-bond acceptors (Lipinski definition) is 3. The van der Waals surface area contributed by atoms with Crippen LogP contribution in [0.3, 0.4) is 0 Å². The Morgan fingerprint density at radius 1 is 1.11 bits per heavy atom. The van der Waals surface area contributed by atoms with Gasteiger partial charge in [0.1, 0.15) is 5.82 Å². The van der Waals surface area contributed by atoms with Gasteiger partial charge in [0.2, 0.25) is 0 Å². The second-order valence-corrected chi connectivity index (χ2v) is 7.73. The Labute approximate surface area is 165 Å². The number of amides is 2. The summed E-state index contributed by atoms with van der Waals surface area (Å²) in [4.78, 5) is 21.2. The number of nitrogens with zero attached hydrogens (tertiary/aromatic N) is 4. The molecule has 0 aliphatic carbocycles. The Balaban J connectivity index is 1.37. The summed E-state index contributed by atoms with van der Waals surface area (Å²) in [5, 5.41) is 4.20. The first-order chi connectivity index (χ1) is 13.6. The zero-order valence-corrected chi connectivity index (χ0v) is 16.5. The van der Waals surface area contributed by atoms with Gasteiger partial charge in [-0.25, -0.2) is 9.78 Å². The molecule has 2 aromatic heterocycles. The Hall–Kier alpha value is -3.02. The van der Waals surface area contributed by atoms with Crippen LogP contribution in [0.5, 0.6) is 0 Å². The van der Waals surface area contributed by atoms with Crippen LogP contribution in [0.25, 0.3) is 10.9 Å². The van der Waals surface area contributed by atoms with Gasteiger partial charge in [0.25, 0.3) is 0 Å². The van der Waals surface area contributed by atoms with Crippen molar-refractivity contribution in [3.8, 4) is 0 Å². The summed E-state index contributed by atoms with van der Waals surface area (Å²) in [5.74, 6) is 1.57. The fraction of sp³-hybridized carbons (Fsp3) is 0.364. The van der Waals surface area contributed by atoms with Crippen LogP contribution in [-0.2, 0) is 6.54 Å². The van der Waals surface area contributed by atoms with E-state index in [4.69, 9.17) is 0 Å². The van der Waals surface area contributed by atoms with Crippen LogP contribution in [0.4, 0.5) is 16.3 Å². The van der Waals surface area contributed by atoms with E-state index < -0.39 is 0 Å². The number of benzene rings is 1. The third-order valence-corrected chi connectivity index (χ3v) is 5.12. The minimum Gasteiger partial charge on any atom is -0.353 e. The minimum atomic E-state index is -0.0402. The van der Waals surface area contributed by atoms with E-state index in [1.54, 1.807) is 6.20 Å². The minimum absolute atomic E-state index is 0.0402.